The Hall–Kier alpha value is -1.09. The molecule has 98 valence electrons. The molecule has 0 aromatic carbocycles. The highest BCUT2D eigenvalue weighted by molar-refractivity contribution is 5.47. The number of pyridine rings is 1. The molecule has 0 spiro atoms. The third-order valence-corrected chi connectivity index (χ3v) is 4.07. The van der Waals surface area contributed by atoms with Gasteiger partial charge in [0.1, 0.15) is 5.82 Å². The molecule has 2 fully saturated rings. The Morgan fingerprint density at radius 3 is 2.89 bits per heavy atom. The topological polar surface area (TPSA) is 28.2 Å². The maximum atomic E-state index is 4.56. The molecule has 1 aromatic rings. The average Bonchev–Trinajstić information content (AvgIpc) is 3.04. The van der Waals surface area contributed by atoms with Gasteiger partial charge in [-0.1, -0.05) is 6.07 Å². The van der Waals surface area contributed by atoms with Crippen molar-refractivity contribution in [2.75, 3.05) is 11.9 Å². The van der Waals surface area contributed by atoms with E-state index in [1.54, 1.807) is 0 Å². The molecule has 1 saturated heterocycles. The SMILES string of the molecule is CC(C)N1CCCC1c1cccnc1NC1CC1. The van der Waals surface area contributed by atoms with Crippen LogP contribution in [0.5, 0.6) is 0 Å². The van der Waals surface area contributed by atoms with Crippen LogP contribution in [0.1, 0.15) is 51.1 Å². The van der Waals surface area contributed by atoms with Gasteiger partial charge in [-0.05, 0) is 52.1 Å². The van der Waals surface area contributed by atoms with Crippen molar-refractivity contribution in [2.24, 2.45) is 0 Å². The van der Waals surface area contributed by atoms with Crippen molar-refractivity contribution in [1.29, 1.82) is 0 Å². The molecular formula is C15H23N3. The van der Waals surface area contributed by atoms with E-state index in [1.165, 1.54) is 37.8 Å². The van der Waals surface area contributed by atoms with Crippen LogP contribution in [0.2, 0.25) is 0 Å². The summed E-state index contributed by atoms with van der Waals surface area (Å²) in [4.78, 5) is 7.17. The molecule has 18 heavy (non-hydrogen) atoms. The molecule has 0 radical (unpaired) electrons. The minimum absolute atomic E-state index is 0.556. The van der Waals surface area contributed by atoms with Gasteiger partial charge < -0.3 is 5.32 Å². The van der Waals surface area contributed by atoms with Gasteiger partial charge in [0.15, 0.2) is 0 Å². The molecule has 1 unspecified atom stereocenters. The van der Waals surface area contributed by atoms with E-state index in [4.69, 9.17) is 0 Å². The molecule has 3 nitrogen and oxygen atoms in total. The second-order valence-electron chi connectivity index (χ2n) is 5.85. The van der Waals surface area contributed by atoms with Crippen molar-refractivity contribution in [1.82, 2.24) is 9.88 Å². The molecule has 2 aliphatic rings. The largest absolute Gasteiger partial charge is 0.367 e. The maximum Gasteiger partial charge on any atom is 0.130 e. The molecule has 1 aromatic heterocycles. The summed E-state index contributed by atoms with van der Waals surface area (Å²) in [5, 5.41) is 3.58. The number of nitrogens with one attached hydrogen (secondary N) is 1. The average molecular weight is 245 g/mol. The summed E-state index contributed by atoms with van der Waals surface area (Å²) in [6.07, 6.45) is 7.08. The lowest BCUT2D eigenvalue weighted by molar-refractivity contribution is 0.206. The number of likely N-dealkylation sites (tertiary alicyclic amines) is 1. The number of rotatable bonds is 4. The number of nitrogens with zero attached hydrogens (tertiary/aromatic N) is 2. The molecular weight excluding hydrogens is 222 g/mol. The van der Waals surface area contributed by atoms with E-state index in [0.717, 1.165) is 5.82 Å². The van der Waals surface area contributed by atoms with E-state index in [-0.39, 0.29) is 0 Å². The van der Waals surface area contributed by atoms with Gasteiger partial charge in [0, 0.05) is 29.9 Å². The van der Waals surface area contributed by atoms with Crippen molar-refractivity contribution < 1.29 is 0 Å². The van der Waals surface area contributed by atoms with E-state index in [1.807, 2.05) is 6.20 Å². The molecule has 1 saturated carbocycles. The van der Waals surface area contributed by atoms with Crippen LogP contribution in [0.15, 0.2) is 18.3 Å². The lowest BCUT2D eigenvalue weighted by Crippen LogP contribution is -2.30. The molecule has 1 aliphatic carbocycles. The predicted octanol–water partition coefficient (Wildman–Crippen LogP) is 3.20. The lowest BCUT2D eigenvalue weighted by Gasteiger charge is -2.29. The molecule has 3 heteroatoms. The van der Waals surface area contributed by atoms with Gasteiger partial charge in [-0.3, -0.25) is 4.90 Å². The van der Waals surface area contributed by atoms with Gasteiger partial charge in [0.25, 0.3) is 0 Å². The molecule has 2 heterocycles. The van der Waals surface area contributed by atoms with Crippen molar-refractivity contribution in [3.63, 3.8) is 0 Å². The Morgan fingerprint density at radius 1 is 1.33 bits per heavy atom. The summed E-state index contributed by atoms with van der Waals surface area (Å²) in [6, 6.07) is 6.17. The lowest BCUT2D eigenvalue weighted by atomic mass is 10.0. The summed E-state index contributed by atoms with van der Waals surface area (Å²) in [5.41, 5.74) is 1.40. The Labute approximate surface area is 110 Å². The fraction of sp³-hybridized carbons (Fsp3) is 0.667. The van der Waals surface area contributed by atoms with Gasteiger partial charge in [-0.2, -0.15) is 0 Å². The van der Waals surface area contributed by atoms with Gasteiger partial charge in [0.2, 0.25) is 0 Å². The van der Waals surface area contributed by atoms with Crippen LogP contribution >= 0.6 is 0 Å². The highest BCUT2D eigenvalue weighted by Gasteiger charge is 2.31. The number of hydrogen-bond acceptors (Lipinski definition) is 3. The Bertz CT molecular complexity index is 412. The first-order valence-corrected chi connectivity index (χ1v) is 7.23. The summed E-state index contributed by atoms with van der Waals surface area (Å²) in [7, 11) is 0. The normalized spacial score (nSPS) is 24.7. The third-order valence-electron chi connectivity index (χ3n) is 4.07. The van der Waals surface area contributed by atoms with E-state index in [2.05, 4.69) is 41.2 Å². The zero-order valence-electron chi connectivity index (χ0n) is 11.4. The van der Waals surface area contributed by atoms with Crippen LogP contribution in [-0.2, 0) is 0 Å². The summed E-state index contributed by atoms with van der Waals surface area (Å²) in [5.74, 6) is 1.12. The molecule has 1 atom stereocenters. The van der Waals surface area contributed by atoms with Gasteiger partial charge >= 0.3 is 0 Å². The molecule has 0 bridgehead atoms. The zero-order valence-corrected chi connectivity index (χ0v) is 11.4. The monoisotopic (exact) mass is 245 g/mol. The van der Waals surface area contributed by atoms with Gasteiger partial charge in [0.05, 0.1) is 0 Å². The fourth-order valence-electron chi connectivity index (χ4n) is 2.97. The van der Waals surface area contributed by atoms with E-state index >= 15 is 0 Å². The van der Waals surface area contributed by atoms with Crippen LogP contribution in [0, 0.1) is 0 Å². The predicted molar refractivity (Wildman–Crippen MR) is 74.7 cm³/mol. The maximum absolute atomic E-state index is 4.56. The first-order valence-electron chi connectivity index (χ1n) is 7.23. The fourth-order valence-corrected chi connectivity index (χ4v) is 2.97. The molecule has 1 N–H and O–H groups in total. The van der Waals surface area contributed by atoms with E-state index in [0.29, 0.717) is 18.1 Å². The first kappa shape index (κ1) is 12.0. The minimum Gasteiger partial charge on any atom is -0.367 e. The van der Waals surface area contributed by atoms with Gasteiger partial charge in [-0.25, -0.2) is 4.98 Å². The Morgan fingerprint density at radius 2 is 2.17 bits per heavy atom. The standard InChI is InChI=1S/C15H23N3/c1-11(2)18-10-4-6-14(18)13-5-3-9-16-15(13)17-12-7-8-12/h3,5,9,11-12,14H,4,6-8,10H2,1-2H3,(H,16,17). The highest BCUT2D eigenvalue weighted by Crippen LogP contribution is 2.37. The second-order valence-corrected chi connectivity index (χ2v) is 5.85. The smallest absolute Gasteiger partial charge is 0.130 e. The highest BCUT2D eigenvalue weighted by atomic mass is 15.2. The van der Waals surface area contributed by atoms with Crippen molar-refractivity contribution >= 4 is 5.82 Å². The quantitative estimate of drug-likeness (QED) is 0.883. The van der Waals surface area contributed by atoms with Crippen LogP contribution in [0.25, 0.3) is 0 Å². The zero-order chi connectivity index (χ0) is 12.5. The Balaban J connectivity index is 1.85. The van der Waals surface area contributed by atoms with Crippen LogP contribution in [-0.4, -0.2) is 28.5 Å². The van der Waals surface area contributed by atoms with Crippen LogP contribution in [0.3, 0.4) is 0 Å². The third kappa shape index (κ3) is 2.37. The van der Waals surface area contributed by atoms with Crippen molar-refractivity contribution in [3.05, 3.63) is 23.9 Å². The summed E-state index contributed by atoms with van der Waals surface area (Å²) in [6.45, 7) is 5.81. The van der Waals surface area contributed by atoms with Gasteiger partial charge in [-0.15, -0.1) is 0 Å². The van der Waals surface area contributed by atoms with Crippen LogP contribution in [0.4, 0.5) is 5.82 Å². The van der Waals surface area contributed by atoms with E-state index < -0.39 is 0 Å². The summed E-state index contributed by atoms with van der Waals surface area (Å²) >= 11 is 0. The van der Waals surface area contributed by atoms with Crippen molar-refractivity contribution in [2.45, 2.75) is 57.7 Å². The van der Waals surface area contributed by atoms with E-state index in [9.17, 15) is 0 Å². The molecule has 0 amide bonds. The van der Waals surface area contributed by atoms with Crippen molar-refractivity contribution in [3.8, 4) is 0 Å². The molecule has 1 aliphatic heterocycles. The van der Waals surface area contributed by atoms with Crippen LogP contribution < -0.4 is 5.32 Å². The molecule has 3 rings (SSSR count). The Kier molecular flexibility index (Phi) is 3.25. The second kappa shape index (κ2) is 4.88. The number of aromatic nitrogens is 1. The number of hydrogen-bond donors (Lipinski definition) is 1. The number of anilines is 1. The summed E-state index contributed by atoms with van der Waals surface area (Å²) < 4.78 is 0. The minimum atomic E-state index is 0.556. The first-order chi connectivity index (χ1) is 8.75.